The molecule has 110 valence electrons. The molecule has 1 heterocycles. The summed E-state index contributed by atoms with van der Waals surface area (Å²) >= 11 is 1.96. The van der Waals surface area contributed by atoms with Crippen LogP contribution in [0.15, 0.2) is 0 Å². The van der Waals surface area contributed by atoms with Gasteiger partial charge in [-0.3, -0.25) is 10.1 Å². The number of nitrogens with zero attached hydrogens (tertiary/aromatic N) is 1. The minimum atomic E-state index is 0.0447. The Kier molecular flexibility index (Phi) is 5.18. The van der Waals surface area contributed by atoms with Gasteiger partial charge in [0, 0.05) is 11.3 Å². The molecule has 1 aliphatic heterocycles. The molecule has 0 radical (unpaired) electrons. The van der Waals surface area contributed by atoms with Crippen LogP contribution in [0.5, 0.6) is 0 Å². The van der Waals surface area contributed by atoms with Crippen molar-refractivity contribution < 1.29 is 4.79 Å². The second kappa shape index (κ2) is 6.49. The van der Waals surface area contributed by atoms with Gasteiger partial charge in [-0.1, -0.05) is 27.2 Å². The van der Waals surface area contributed by atoms with E-state index < -0.39 is 0 Å². The molecule has 19 heavy (non-hydrogen) atoms. The smallest absolute Gasteiger partial charge is 0.241 e. The van der Waals surface area contributed by atoms with Crippen molar-refractivity contribution in [3.8, 4) is 0 Å². The number of nitrogens with one attached hydrogen (secondary N) is 1. The van der Waals surface area contributed by atoms with Crippen molar-refractivity contribution >= 4 is 17.7 Å². The van der Waals surface area contributed by atoms with Gasteiger partial charge in [-0.25, -0.2) is 0 Å². The van der Waals surface area contributed by atoms with E-state index in [1.165, 1.54) is 19.3 Å². The summed E-state index contributed by atoms with van der Waals surface area (Å²) in [6, 6.07) is 0.514. The second-order valence-corrected chi connectivity index (χ2v) is 7.16. The molecule has 2 fully saturated rings. The Labute approximate surface area is 121 Å². The molecule has 2 rings (SSSR count). The average Bonchev–Trinajstić information content (AvgIpc) is 3.01. The van der Waals surface area contributed by atoms with Gasteiger partial charge in [-0.05, 0) is 37.9 Å². The van der Waals surface area contributed by atoms with Crippen LogP contribution in [0.3, 0.4) is 0 Å². The molecule has 1 saturated carbocycles. The van der Waals surface area contributed by atoms with Crippen LogP contribution >= 0.6 is 11.8 Å². The van der Waals surface area contributed by atoms with Crippen molar-refractivity contribution in [2.75, 3.05) is 6.26 Å². The summed E-state index contributed by atoms with van der Waals surface area (Å²) in [4.78, 5) is 14.9. The molecular formula is C15H28N2OS. The molecule has 2 aliphatic rings. The van der Waals surface area contributed by atoms with Gasteiger partial charge in [0.15, 0.2) is 0 Å². The number of hydrogen-bond acceptors (Lipinski definition) is 3. The summed E-state index contributed by atoms with van der Waals surface area (Å²) in [5.41, 5.74) is 0. The SMILES string of the molecule is CCC(C)C1NC(CC)N(C2CCC(SC)C2)C1=O. The molecule has 0 aromatic carbocycles. The van der Waals surface area contributed by atoms with Gasteiger partial charge in [-0.2, -0.15) is 11.8 Å². The van der Waals surface area contributed by atoms with Gasteiger partial charge in [0.25, 0.3) is 0 Å². The molecule has 0 aromatic rings. The summed E-state index contributed by atoms with van der Waals surface area (Å²) < 4.78 is 0. The van der Waals surface area contributed by atoms with Gasteiger partial charge in [0.05, 0.1) is 12.2 Å². The summed E-state index contributed by atoms with van der Waals surface area (Å²) in [6.07, 6.45) is 8.15. The fraction of sp³-hybridized carbons (Fsp3) is 0.933. The topological polar surface area (TPSA) is 32.3 Å². The Hall–Kier alpha value is -0.220. The molecule has 0 spiro atoms. The minimum Gasteiger partial charge on any atom is -0.323 e. The number of amides is 1. The predicted octanol–water partition coefficient (Wildman–Crippen LogP) is 2.85. The summed E-state index contributed by atoms with van der Waals surface area (Å²) in [5, 5.41) is 4.32. The van der Waals surface area contributed by atoms with Crippen LogP contribution in [0.4, 0.5) is 0 Å². The lowest BCUT2D eigenvalue weighted by Gasteiger charge is -2.29. The molecular weight excluding hydrogens is 256 g/mol. The average molecular weight is 284 g/mol. The van der Waals surface area contributed by atoms with Gasteiger partial charge in [-0.15, -0.1) is 0 Å². The van der Waals surface area contributed by atoms with E-state index in [2.05, 4.69) is 37.2 Å². The fourth-order valence-electron chi connectivity index (χ4n) is 3.45. The third-order valence-corrected chi connectivity index (χ3v) is 6.01. The minimum absolute atomic E-state index is 0.0447. The first-order valence-electron chi connectivity index (χ1n) is 7.73. The molecule has 1 amide bonds. The maximum atomic E-state index is 12.7. The van der Waals surface area contributed by atoms with Crippen LogP contribution in [0, 0.1) is 5.92 Å². The fourth-order valence-corrected chi connectivity index (χ4v) is 4.24. The van der Waals surface area contributed by atoms with Crippen LogP contribution in [-0.2, 0) is 4.79 Å². The van der Waals surface area contributed by atoms with Crippen molar-refractivity contribution in [3.63, 3.8) is 0 Å². The van der Waals surface area contributed by atoms with Crippen molar-refractivity contribution in [1.29, 1.82) is 0 Å². The summed E-state index contributed by atoms with van der Waals surface area (Å²) in [7, 11) is 0. The molecule has 0 aromatic heterocycles. The summed E-state index contributed by atoms with van der Waals surface area (Å²) in [6.45, 7) is 6.53. The molecule has 5 atom stereocenters. The lowest BCUT2D eigenvalue weighted by Crippen LogP contribution is -2.43. The molecule has 1 saturated heterocycles. The van der Waals surface area contributed by atoms with Gasteiger partial charge >= 0.3 is 0 Å². The second-order valence-electron chi connectivity index (χ2n) is 6.02. The maximum absolute atomic E-state index is 12.7. The standard InChI is InChI=1S/C15H28N2OS/c1-5-10(3)14-15(18)17(13(6-2)16-14)11-7-8-12(9-11)19-4/h10-14,16H,5-9H2,1-4H3. The zero-order valence-corrected chi connectivity index (χ0v) is 13.5. The lowest BCUT2D eigenvalue weighted by molar-refractivity contribution is -0.133. The highest BCUT2D eigenvalue weighted by molar-refractivity contribution is 7.99. The van der Waals surface area contributed by atoms with E-state index in [0.717, 1.165) is 18.1 Å². The van der Waals surface area contributed by atoms with Crippen LogP contribution in [0.25, 0.3) is 0 Å². The molecule has 3 nitrogen and oxygen atoms in total. The van der Waals surface area contributed by atoms with Crippen molar-refractivity contribution in [2.24, 2.45) is 5.92 Å². The summed E-state index contributed by atoms with van der Waals surface area (Å²) in [5.74, 6) is 0.789. The van der Waals surface area contributed by atoms with Crippen molar-refractivity contribution in [3.05, 3.63) is 0 Å². The number of carbonyl (C=O) groups excluding carboxylic acids is 1. The number of rotatable bonds is 5. The Morgan fingerprint density at radius 2 is 2.16 bits per heavy atom. The third-order valence-electron chi connectivity index (χ3n) is 4.91. The monoisotopic (exact) mass is 284 g/mol. The molecule has 0 bridgehead atoms. The first-order chi connectivity index (χ1) is 9.12. The van der Waals surface area contributed by atoms with Crippen LogP contribution in [0.1, 0.15) is 52.9 Å². The van der Waals surface area contributed by atoms with Crippen LogP contribution < -0.4 is 5.32 Å². The zero-order chi connectivity index (χ0) is 14.0. The quantitative estimate of drug-likeness (QED) is 0.842. The zero-order valence-electron chi connectivity index (χ0n) is 12.7. The van der Waals surface area contributed by atoms with Gasteiger partial charge in [0.2, 0.25) is 5.91 Å². The molecule has 4 heteroatoms. The maximum Gasteiger partial charge on any atom is 0.241 e. The van der Waals surface area contributed by atoms with Crippen molar-refractivity contribution in [2.45, 2.75) is 76.4 Å². The molecule has 1 N–H and O–H groups in total. The van der Waals surface area contributed by atoms with Gasteiger partial charge in [0.1, 0.15) is 0 Å². The van der Waals surface area contributed by atoms with E-state index in [-0.39, 0.29) is 12.2 Å². The Bertz CT molecular complexity index is 323. The Balaban J connectivity index is 2.08. The molecule has 5 unspecified atom stereocenters. The van der Waals surface area contributed by atoms with E-state index in [0.29, 0.717) is 17.9 Å². The van der Waals surface area contributed by atoms with Crippen LogP contribution in [0.2, 0.25) is 0 Å². The number of hydrogen-bond donors (Lipinski definition) is 1. The first kappa shape index (κ1) is 15.2. The highest BCUT2D eigenvalue weighted by Gasteiger charge is 2.44. The van der Waals surface area contributed by atoms with Crippen LogP contribution in [-0.4, -0.2) is 40.6 Å². The van der Waals surface area contributed by atoms with E-state index in [4.69, 9.17) is 0 Å². The Morgan fingerprint density at radius 3 is 2.68 bits per heavy atom. The van der Waals surface area contributed by atoms with Crippen molar-refractivity contribution in [1.82, 2.24) is 10.2 Å². The van der Waals surface area contributed by atoms with E-state index in [9.17, 15) is 4.79 Å². The molecule has 1 aliphatic carbocycles. The predicted molar refractivity (Wildman–Crippen MR) is 82.2 cm³/mol. The highest BCUT2D eigenvalue weighted by atomic mass is 32.2. The number of carbonyl (C=O) groups is 1. The van der Waals surface area contributed by atoms with E-state index in [1.54, 1.807) is 0 Å². The third kappa shape index (κ3) is 2.94. The largest absolute Gasteiger partial charge is 0.323 e. The normalized spacial score (nSPS) is 37.1. The van der Waals surface area contributed by atoms with E-state index in [1.807, 2.05) is 11.8 Å². The Morgan fingerprint density at radius 1 is 1.42 bits per heavy atom. The lowest BCUT2D eigenvalue weighted by atomic mass is 9.99. The first-order valence-corrected chi connectivity index (χ1v) is 9.02. The highest BCUT2D eigenvalue weighted by Crippen LogP contribution is 2.35. The number of thioether (sulfide) groups is 1. The van der Waals surface area contributed by atoms with E-state index >= 15 is 0 Å². The van der Waals surface area contributed by atoms with Gasteiger partial charge < -0.3 is 4.90 Å².